The molecule has 0 atom stereocenters. The summed E-state index contributed by atoms with van der Waals surface area (Å²) in [5.74, 6) is 0.807. The van der Waals surface area contributed by atoms with E-state index in [1.54, 1.807) is 6.07 Å². The Morgan fingerprint density at radius 3 is 2.96 bits per heavy atom. The number of aromatic amines is 1. The van der Waals surface area contributed by atoms with E-state index in [1.807, 2.05) is 19.1 Å². The Morgan fingerprint density at radius 2 is 2.11 bits per heavy atom. The number of carbonyl (C=O) groups is 1. The first-order valence-corrected chi connectivity index (χ1v) is 10.2. The lowest BCUT2D eigenvalue weighted by atomic mass is 10.1. The van der Waals surface area contributed by atoms with Crippen LogP contribution in [0, 0.1) is 6.92 Å². The Morgan fingerprint density at radius 1 is 1.26 bits per heavy atom. The molecular weight excluding hydrogens is 380 g/mol. The molecule has 1 aromatic heterocycles. The maximum atomic E-state index is 12.2. The van der Waals surface area contributed by atoms with Gasteiger partial charge in [0.1, 0.15) is 0 Å². The number of halogens is 1. The molecule has 4 rings (SSSR count). The monoisotopic (exact) mass is 398 g/mol. The zero-order valence-corrected chi connectivity index (χ0v) is 16.5. The summed E-state index contributed by atoms with van der Waals surface area (Å²) in [6.07, 6.45) is 3.50. The molecule has 27 heavy (non-hydrogen) atoms. The van der Waals surface area contributed by atoms with E-state index < -0.39 is 0 Å². The average molecular weight is 399 g/mol. The first kappa shape index (κ1) is 18.1. The summed E-state index contributed by atoms with van der Waals surface area (Å²) < 4.78 is 0. The molecule has 2 N–H and O–H groups in total. The molecule has 0 saturated carbocycles. The summed E-state index contributed by atoms with van der Waals surface area (Å²) in [5, 5.41) is 11.1. The summed E-state index contributed by atoms with van der Waals surface area (Å²) >= 11 is 7.44. The fourth-order valence-corrected chi connectivity index (χ4v) is 4.12. The number of rotatable bonds is 5. The molecule has 0 bridgehead atoms. The number of para-hydroxylation sites is 1. The zero-order valence-electron chi connectivity index (χ0n) is 14.9. The summed E-state index contributed by atoms with van der Waals surface area (Å²) in [4.78, 5) is 16.7. The number of H-pyrrole nitrogens is 1. The van der Waals surface area contributed by atoms with Crippen molar-refractivity contribution in [3.63, 3.8) is 0 Å². The average Bonchev–Trinajstić information content (AvgIpc) is 3.31. The van der Waals surface area contributed by atoms with E-state index in [4.69, 9.17) is 11.6 Å². The molecule has 7 heteroatoms. The van der Waals surface area contributed by atoms with Crippen LogP contribution in [0.25, 0.3) is 11.4 Å². The van der Waals surface area contributed by atoms with Gasteiger partial charge in [-0.25, -0.2) is 4.98 Å². The van der Waals surface area contributed by atoms with Crippen LogP contribution in [0.2, 0.25) is 5.02 Å². The van der Waals surface area contributed by atoms with Crippen molar-refractivity contribution in [1.29, 1.82) is 0 Å². The predicted octanol–water partition coefficient (Wildman–Crippen LogP) is 4.65. The number of hydrogen-bond acceptors (Lipinski definition) is 4. The number of hydrogen-bond donors (Lipinski definition) is 2. The highest BCUT2D eigenvalue weighted by atomic mass is 35.5. The van der Waals surface area contributed by atoms with Crippen molar-refractivity contribution in [2.75, 3.05) is 11.1 Å². The molecule has 1 aliphatic carbocycles. The third kappa shape index (κ3) is 4.01. The van der Waals surface area contributed by atoms with Gasteiger partial charge in [0.2, 0.25) is 11.1 Å². The highest BCUT2D eigenvalue weighted by Gasteiger charge is 2.14. The second-order valence-corrected chi connectivity index (χ2v) is 7.92. The van der Waals surface area contributed by atoms with Crippen LogP contribution in [-0.4, -0.2) is 26.8 Å². The Hall–Kier alpha value is -2.31. The Bertz CT molecular complexity index is 981. The van der Waals surface area contributed by atoms with Crippen molar-refractivity contribution in [3.8, 4) is 11.4 Å². The van der Waals surface area contributed by atoms with Gasteiger partial charge in [0.05, 0.1) is 16.5 Å². The van der Waals surface area contributed by atoms with Crippen LogP contribution in [0.15, 0.2) is 41.6 Å². The minimum atomic E-state index is -0.139. The summed E-state index contributed by atoms with van der Waals surface area (Å²) in [6.45, 7) is 1.91. The van der Waals surface area contributed by atoms with Gasteiger partial charge >= 0.3 is 0 Å². The van der Waals surface area contributed by atoms with E-state index >= 15 is 0 Å². The molecule has 0 radical (unpaired) electrons. The van der Waals surface area contributed by atoms with Gasteiger partial charge in [-0.15, -0.1) is 5.10 Å². The topological polar surface area (TPSA) is 70.7 Å². The van der Waals surface area contributed by atoms with Crippen LogP contribution in [0.4, 0.5) is 5.69 Å². The molecule has 1 amide bonds. The fourth-order valence-electron chi connectivity index (χ4n) is 3.26. The number of amides is 1. The lowest BCUT2D eigenvalue weighted by Crippen LogP contribution is -2.15. The van der Waals surface area contributed by atoms with E-state index in [9.17, 15) is 4.79 Å². The van der Waals surface area contributed by atoms with Crippen LogP contribution in [0.3, 0.4) is 0 Å². The molecule has 138 valence electrons. The molecule has 1 heterocycles. The van der Waals surface area contributed by atoms with Gasteiger partial charge in [0.25, 0.3) is 0 Å². The molecule has 0 spiro atoms. The van der Waals surface area contributed by atoms with Crippen molar-refractivity contribution >= 4 is 35.0 Å². The minimum Gasteiger partial charge on any atom is -0.324 e. The first-order chi connectivity index (χ1) is 13.1. The van der Waals surface area contributed by atoms with Gasteiger partial charge in [0.15, 0.2) is 5.82 Å². The third-order valence-electron chi connectivity index (χ3n) is 4.66. The minimum absolute atomic E-state index is 0.139. The van der Waals surface area contributed by atoms with E-state index in [0.717, 1.165) is 29.8 Å². The van der Waals surface area contributed by atoms with E-state index in [1.165, 1.54) is 29.3 Å². The number of thioether (sulfide) groups is 1. The number of aryl methyl sites for hydroxylation is 3. The van der Waals surface area contributed by atoms with E-state index in [0.29, 0.717) is 15.9 Å². The maximum Gasteiger partial charge on any atom is 0.234 e. The van der Waals surface area contributed by atoms with Crippen molar-refractivity contribution in [1.82, 2.24) is 15.2 Å². The predicted molar refractivity (Wildman–Crippen MR) is 109 cm³/mol. The molecule has 1 aliphatic rings. The molecule has 0 aliphatic heterocycles. The summed E-state index contributed by atoms with van der Waals surface area (Å²) in [5.41, 5.74) is 5.44. The Kier molecular flexibility index (Phi) is 5.18. The molecule has 3 aromatic rings. The lowest BCUT2D eigenvalue weighted by molar-refractivity contribution is -0.113. The quantitative estimate of drug-likeness (QED) is 0.613. The molecular formula is C20H19ClN4OS. The largest absolute Gasteiger partial charge is 0.324 e. The number of carbonyl (C=O) groups excluding carboxylic acids is 1. The number of fused-ring (bicyclic) bond motifs is 1. The molecule has 2 aromatic carbocycles. The van der Waals surface area contributed by atoms with Crippen LogP contribution >= 0.6 is 23.4 Å². The maximum absolute atomic E-state index is 12.2. The Labute approximate surface area is 166 Å². The standard InChI is InChI=1S/C20H19ClN4OS/c1-12-4-2-7-16(21)18(12)22-17(26)11-27-20-23-19(24-25-20)15-9-8-13-5-3-6-14(13)10-15/h2,4,7-10H,3,5-6,11H2,1H3,(H,22,26)(H,23,24,25). The second kappa shape index (κ2) is 7.74. The van der Waals surface area contributed by atoms with E-state index in [-0.39, 0.29) is 11.7 Å². The van der Waals surface area contributed by atoms with Crippen molar-refractivity contribution < 1.29 is 4.79 Å². The van der Waals surface area contributed by atoms with E-state index in [2.05, 4.69) is 38.7 Å². The second-order valence-electron chi connectivity index (χ2n) is 6.57. The van der Waals surface area contributed by atoms with Gasteiger partial charge < -0.3 is 5.32 Å². The molecule has 0 unspecified atom stereocenters. The SMILES string of the molecule is Cc1cccc(Cl)c1NC(=O)CSc1n[nH]c(-c2ccc3c(c2)CCC3)n1. The summed E-state index contributed by atoms with van der Waals surface area (Å²) in [7, 11) is 0. The first-order valence-electron chi connectivity index (χ1n) is 8.82. The molecule has 0 fully saturated rings. The van der Waals surface area contributed by atoms with Crippen LogP contribution in [-0.2, 0) is 17.6 Å². The molecule has 5 nitrogen and oxygen atoms in total. The number of aromatic nitrogens is 3. The van der Waals surface area contributed by atoms with Crippen molar-refractivity contribution in [2.45, 2.75) is 31.3 Å². The highest BCUT2D eigenvalue weighted by molar-refractivity contribution is 7.99. The normalized spacial score (nSPS) is 12.8. The Balaban J connectivity index is 1.39. The third-order valence-corrected chi connectivity index (χ3v) is 5.82. The molecule has 0 saturated heterocycles. The van der Waals surface area contributed by atoms with Gasteiger partial charge in [-0.1, -0.05) is 47.6 Å². The van der Waals surface area contributed by atoms with Crippen LogP contribution in [0.1, 0.15) is 23.1 Å². The van der Waals surface area contributed by atoms with Gasteiger partial charge in [-0.2, -0.15) is 0 Å². The van der Waals surface area contributed by atoms with Crippen LogP contribution in [0.5, 0.6) is 0 Å². The number of anilines is 1. The lowest BCUT2D eigenvalue weighted by Gasteiger charge is -2.09. The highest BCUT2D eigenvalue weighted by Crippen LogP contribution is 2.28. The number of nitrogens with zero attached hydrogens (tertiary/aromatic N) is 2. The van der Waals surface area contributed by atoms with Gasteiger partial charge in [0, 0.05) is 5.56 Å². The van der Waals surface area contributed by atoms with Gasteiger partial charge in [-0.3, -0.25) is 9.89 Å². The van der Waals surface area contributed by atoms with Crippen LogP contribution < -0.4 is 5.32 Å². The van der Waals surface area contributed by atoms with Crippen molar-refractivity contribution in [3.05, 3.63) is 58.1 Å². The fraction of sp³-hybridized carbons (Fsp3) is 0.250. The number of benzene rings is 2. The number of nitrogens with one attached hydrogen (secondary N) is 2. The smallest absolute Gasteiger partial charge is 0.234 e. The summed E-state index contributed by atoms with van der Waals surface area (Å²) in [6, 6.07) is 12.0. The zero-order chi connectivity index (χ0) is 18.8. The van der Waals surface area contributed by atoms with Gasteiger partial charge in [-0.05, 0) is 55.0 Å². The van der Waals surface area contributed by atoms with Crippen molar-refractivity contribution in [2.24, 2.45) is 0 Å².